The molecule has 1 saturated heterocycles. The second-order valence-electron chi connectivity index (χ2n) is 3.55. The van der Waals surface area contributed by atoms with Crippen molar-refractivity contribution in [1.29, 1.82) is 0 Å². The second-order valence-corrected chi connectivity index (χ2v) is 5.15. The summed E-state index contributed by atoms with van der Waals surface area (Å²) in [6.45, 7) is 2.08. The van der Waals surface area contributed by atoms with Gasteiger partial charge in [-0.25, -0.2) is 8.78 Å². The van der Waals surface area contributed by atoms with E-state index in [1.807, 2.05) is 0 Å². The van der Waals surface area contributed by atoms with E-state index >= 15 is 0 Å². The van der Waals surface area contributed by atoms with Gasteiger partial charge in [0.2, 0.25) is 0 Å². The Morgan fingerprint density at radius 2 is 1.93 bits per heavy atom. The van der Waals surface area contributed by atoms with Crippen LogP contribution in [0.2, 0.25) is 0 Å². The van der Waals surface area contributed by atoms with Gasteiger partial charge < -0.3 is 4.74 Å². The number of benzene rings is 1. The number of hydrogen-bond donors (Lipinski definition) is 0. The van der Waals surface area contributed by atoms with E-state index in [1.165, 1.54) is 18.2 Å². The summed E-state index contributed by atoms with van der Waals surface area (Å²) in [6, 6.07) is 3.96. The molecule has 15 heavy (non-hydrogen) atoms. The maximum Gasteiger partial charge on any atom is 0.129 e. The monoisotopic (exact) mass is 323 g/mol. The minimum absolute atomic E-state index is 0.160. The van der Waals surface area contributed by atoms with E-state index in [0.717, 1.165) is 6.42 Å². The van der Waals surface area contributed by atoms with Gasteiger partial charge in [0.05, 0.1) is 13.2 Å². The molecule has 1 aromatic rings. The fraction of sp³-hybridized carbons (Fsp3) is 0.364. The Bertz CT molecular complexity index is 336. The van der Waals surface area contributed by atoms with Crippen molar-refractivity contribution in [3.05, 3.63) is 42.0 Å². The molecule has 1 radical (unpaired) electrons. The van der Waals surface area contributed by atoms with E-state index in [9.17, 15) is 8.78 Å². The highest BCUT2D eigenvalue weighted by molar-refractivity contribution is 14.1. The van der Waals surface area contributed by atoms with Gasteiger partial charge in [0, 0.05) is 15.4 Å². The standard InChI is InChI=1S/C11H10F2IO/c12-9-2-1-3-10(13)11(9)7-4-8(14)6-15-5-7/h1-3,6-8H,4-5H2. The van der Waals surface area contributed by atoms with Gasteiger partial charge in [-0.05, 0) is 18.6 Å². The summed E-state index contributed by atoms with van der Waals surface area (Å²) < 4.78 is 32.3. The fourth-order valence-electron chi connectivity index (χ4n) is 1.77. The molecular weight excluding hydrogens is 313 g/mol. The van der Waals surface area contributed by atoms with Crippen molar-refractivity contribution in [2.75, 3.05) is 6.61 Å². The molecule has 0 aliphatic carbocycles. The maximum absolute atomic E-state index is 13.5. The molecule has 2 unspecified atom stereocenters. The first-order chi connectivity index (χ1) is 7.18. The van der Waals surface area contributed by atoms with E-state index in [0.29, 0.717) is 6.61 Å². The van der Waals surface area contributed by atoms with Crippen LogP contribution in [0.1, 0.15) is 17.9 Å². The Labute approximate surface area is 101 Å². The smallest absolute Gasteiger partial charge is 0.129 e. The quantitative estimate of drug-likeness (QED) is 0.568. The molecule has 0 N–H and O–H groups in total. The predicted molar refractivity (Wildman–Crippen MR) is 61.8 cm³/mol. The van der Waals surface area contributed by atoms with Crippen LogP contribution in [0.5, 0.6) is 0 Å². The van der Waals surface area contributed by atoms with Crippen molar-refractivity contribution in [1.82, 2.24) is 0 Å². The molecule has 1 fully saturated rings. The normalized spacial score (nSPS) is 26.6. The van der Waals surface area contributed by atoms with Crippen molar-refractivity contribution in [2.24, 2.45) is 0 Å². The minimum atomic E-state index is -0.478. The van der Waals surface area contributed by atoms with Crippen LogP contribution in [0.4, 0.5) is 8.78 Å². The highest BCUT2D eigenvalue weighted by Gasteiger charge is 2.26. The fourth-order valence-corrected chi connectivity index (χ4v) is 2.59. The number of hydrogen-bond acceptors (Lipinski definition) is 1. The van der Waals surface area contributed by atoms with Gasteiger partial charge in [0.1, 0.15) is 11.6 Å². The number of rotatable bonds is 1. The zero-order valence-electron chi connectivity index (χ0n) is 7.92. The Morgan fingerprint density at radius 1 is 1.27 bits per heavy atom. The van der Waals surface area contributed by atoms with Crippen molar-refractivity contribution in [3.63, 3.8) is 0 Å². The number of alkyl halides is 1. The van der Waals surface area contributed by atoms with Gasteiger partial charge in [-0.1, -0.05) is 28.7 Å². The molecule has 0 aromatic heterocycles. The first-order valence-electron chi connectivity index (χ1n) is 4.71. The highest BCUT2D eigenvalue weighted by atomic mass is 127. The first kappa shape index (κ1) is 11.3. The molecule has 81 valence electrons. The van der Waals surface area contributed by atoms with Crippen LogP contribution >= 0.6 is 22.6 Å². The van der Waals surface area contributed by atoms with Crippen molar-refractivity contribution >= 4 is 22.6 Å². The van der Waals surface area contributed by atoms with E-state index in [4.69, 9.17) is 4.74 Å². The molecule has 1 heterocycles. The minimum Gasteiger partial charge on any atom is -0.374 e. The molecule has 1 aliphatic heterocycles. The lowest BCUT2D eigenvalue weighted by molar-refractivity contribution is 0.140. The summed E-state index contributed by atoms with van der Waals surface area (Å²) >= 11 is 2.20. The molecule has 2 atom stereocenters. The molecule has 2 rings (SSSR count). The van der Waals surface area contributed by atoms with Gasteiger partial charge >= 0.3 is 0 Å². The third-order valence-electron chi connectivity index (χ3n) is 2.46. The van der Waals surface area contributed by atoms with Crippen LogP contribution in [0.15, 0.2) is 18.2 Å². The highest BCUT2D eigenvalue weighted by Crippen LogP contribution is 2.33. The molecule has 0 amide bonds. The first-order valence-corrected chi connectivity index (χ1v) is 5.96. The molecule has 1 aliphatic rings. The molecule has 0 saturated carbocycles. The lowest BCUT2D eigenvalue weighted by Crippen LogP contribution is -2.22. The molecule has 0 bridgehead atoms. The third-order valence-corrected chi connectivity index (χ3v) is 3.26. The average molecular weight is 323 g/mol. The van der Waals surface area contributed by atoms with Crippen molar-refractivity contribution in [3.8, 4) is 0 Å². The maximum atomic E-state index is 13.5. The van der Waals surface area contributed by atoms with Crippen LogP contribution in [0.3, 0.4) is 0 Å². The van der Waals surface area contributed by atoms with Gasteiger partial charge in [0.15, 0.2) is 0 Å². The van der Waals surface area contributed by atoms with Gasteiger partial charge in [-0.15, -0.1) is 0 Å². The molecule has 4 heteroatoms. The zero-order chi connectivity index (χ0) is 10.8. The largest absolute Gasteiger partial charge is 0.374 e. The zero-order valence-corrected chi connectivity index (χ0v) is 10.1. The molecule has 1 nitrogen and oxygen atoms in total. The Balaban J connectivity index is 2.28. The van der Waals surface area contributed by atoms with E-state index < -0.39 is 11.6 Å². The summed E-state index contributed by atoms with van der Waals surface area (Å²) in [6.07, 6.45) is 0.721. The van der Waals surface area contributed by atoms with Crippen molar-refractivity contribution in [2.45, 2.75) is 16.3 Å². The lowest BCUT2D eigenvalue weighted by Gasteiger charge is -2.26. The SMILES string of the molecule is Fc1cccc(F)c1C1CO[CH]C(I)C1. The summed E-state index contributed by atoms with van der Waals surface area (Å²) in [4.78, 5) is 0. The topological polar surface area (TPSA) is 9.23 Å². The van der Waals surface area contributed by atoms with Crippen LogP contribution < -0.4 is 0 Å². The summed E-state index contributed by atoms with van der Waals surface area (Å²) in [7, 11) is 0. The van der Waals surface area contributed by atoms with Gasteiger partial charge in [0.25, 0.3) is 0 Å². The molecule has 1 aromatic carbocycles. The number of ether oxygens (including phenoxy) is 1. The molecule has 0 spiro atoms. The Hall–Kier alpha value is -0.230. The Kier molecular flexibility index (Phi) is 3.56. The number of halogens is 3. The predicted octanol–water partition coefficient (Wildman–Crippen LogP) is 3.43. The van der Waals surface area contributed by atoms with Crippen molar-refractivity contribution < 1.29 is 13.5 Å². The second kappa shape index (κ2) is 4.74. The molecular formula is C11H10F2IO. The summed E-state index contributed by atoms with van der Waals surface area (Å²) in [5.74, 6) is -1.14. The van der Waals surface area contributed by atoms with Crippen LogP contribution in [0, 0.1) is 18.2 Å². The summed E-state index contributed by atoms with van der Waals surface area (Å²) in [5, 5.41) is 0. The van der Waals surface area contributed by atoms with Gasteiger partial charge in [-0.2, -0.15) is 0 Å². The Morgan fingerprint density at radius 3 is 2.53 bits per heavy atom. The summed E-state index contributed by atoms with van der Waals surface area (Å²) in [5.41, 5.74) is 0.160. The van der Waals surface area contributed by atoms with E-state index in [-0.39, 0.29) is 15.4 Å². The lowest BCUT2D eigenvalue weighted by atomic mass is 9.93. The van der Waals surface area contributed by atoms with Gasteiger partial charge in [-0.3, -0.25) is 0 Å². The van der Waals surface area contributed by atoms with Crippen LogP contribution in [-0.2, 0) is 4.74 Å². The van der Waals surface area contributed by atoms with Crippen LogP contribution in [0.25, 0.3) is 0 Å². The third kappa shape index (κ3) is 2.47. The average Bonchev–Trinajstić information content (AvgIpc) is 2.17. The van der Waals surface area contributed by atoms with E-state index in [1.54, 1.807) is 6.61 Å². The van der Waals surface area contributed by atoms with Crippen LogP contribution in [-0.4, -0.2) is 10.5 Å². The van der Waals surface area contributed by atoms with E-state index in [2.05, 4.69) is 22.6 Å².